The number of H-pyrrole nitrogens is 2. The van der Waals surface area contributed by atoms with Crippen LogP contribution >= 0.6 is 0 Å². The normalized spacial score (nSPS) is 12.5. The van der Waals surface area contributed by atoms with Gasteiger partial charge in [0.2, 0.25) is 0 Å². The summed E-state index contributed by atoms with van der Waals surface area (Å²) in [7, 11) is 0. The molecule has 0 unspecified atom stereocenters. The predicted molar refractivity (Wildman–Crippen MR) is 242 cm³/mol. The first-order valence-electron chi connectivity index (χ1n) is 20.8. The molecule has 0 bridgehead atoms. The van der Waals surface area contributed by atoms with Crippen molar-refractivity contribution in [3.8, 4) is 22.8 Å². The third kappa shape index (κ3) is 8.55. The minimum absolute atomic E-state index is 0.0599. The molecule has 18 heteroatoms. The molecule has 0 aliphatic rings. The number of hydrogen-bond donors (Lipinski definition) is 6. The maximum atomic E-state index is 13.8. The molecule has 0 fully saturated rings. The number of pyridine rings is 2. The fraction of sp³-hybridized carbons (Fsp3) is 0.217. The summed E-state index contributed by atoms with van der Waals surface area (Å²) >= 11 is 0. The lowest BCUT2D eigenvalue weighted by Gasteiger charge is -2.12. The summed E-state index contributed by atoms with van der Waals surface area (Å²) in [5.74, 6) is 0.863. The molecular weight excluding hydrogens is 819 g/mol. The molecule has 2 aromatic carbocycles. The second-order valence-corrected chi connectivity index (χ2v) is 15.4. The maximum absolute atomic E-state index is 13.8. The third-order valence-electron chi connectivity index (χ3n) is 11.0. The van der Waals surface area contributed by atoms with Crippen LogP contribution < -0.4 is 10.6 Å². The minimum atomic E-state index is -0.461. The summed E-state index contributed by atoms with van der Waals surface area (Å²) in [5, 5.41) is 28.4. The van der Waals surface area contributed by atoms with Crippen LogP contribution in [0.25, 0.3) is 66.9 Å². The van der Waals surface area contributed by atoms with Crippen molar-refractivity contribution < 1.29 is 19.0 Å². The highest BCUT2D eigenvalue weighted by Gasteiger charge is 2.19. The third-order valence-corrected chi connectivity index (χ3v) is 11.0. The molecule has 324 valence electrons. The van der Waals surface area contributed by atoms with Crippen LogP contribution in [-0.2, 0) is 12.8 Å². The number of para-hydroxylation sites is 2. The van der Waals surface area contributed by atoms with E-state index in [1.807, 2.05) is 50.5 Å². The molecule has 10 rings (SSSR count). The molecule has 0 spiro atoms. The number of nitrogens with one attached hydrogen (secondary N) is 4. The van der Waals surface area contributed by atoms with Crippen molar-refractivity contribution in [2.24, 2.45) is 0 Å². The topological polar surface area (TPSA) is 209 Å². The summed E-state index contributed by atoms with van der Waals surface area (Å²) in [6.45, 7) is 4.87. The molecule has 2 atom stereocenters. The van der Waals surface area contributed by atoms with Crippen molar-refractivity contribution in [3.05, 3.63) is 133 Å². The standard InChI is InChI=1S/2C23H22FN7O/c2*1-14(12-32)31-13-28-20-22(26-7-6-15-10-27-19-5-3-2-4-18(15)19)29-21(30-23(20)31)16-8-17(24)11-25-9-16/h2*2-5,8-11,13-14,27,32H,6-7,12H2,1H3,(H,26,29,30)/t2*14-/m10/s1. The van der Waals surface area contributed by atoms with Crippen molar-refractivity contribution in [1.29, 1.82) is 0 Å². The van der Waals surface area contributed by atoms with E-state index in [0.29, 0.717) is 69.8 Å². The van der Waals surface area contributed by atoms with Gasteiger partial charge in [0.15, 0.2) is 34.6 Å². The van der Waals surface area contributed by atoms with E-state index in [9.17, 15) is 19.0 Å². The fourth-order valence-electron chi connectivity index (χ4n) is 7.54. The second kappa shape index (κ2) is 18.3. The van der Waals surface area contributed by atoms with E-state index in [4.69, 9.17) is 0 Å². The summed E-state index contributed by atoms with van der Waals surface area (Å²) in [4.78, 5) is 41.8. The van der Waals surface area contributed by atoms with Gasteiger partial charge in [-0.3, -0.25) is 9.97 Å². The lowest BCUT2D eigenvalue weighted by molar-refractivity contribution is 0.240. The Morgan fingerprint density at radius 1 is 0.609 bits per heavy atom. The fourth-order valence-corrected chi connectivity index (χ4v) is 7.54. The number of imidazole rings is 2. The molecule has 0 amide bonds. The quantitative estimate of drug-likeness (QED) is 0.0631. The summed E-state index contributed by atoms with van der Waals surface area (Å²) < 4.78 is 31.1. The van der Waals surface area contributed by atoms with Crippen LogP contribution in [0.15, 0.2) is 110 Å². The Morgan fingerprint density at radius 2 is 1.05 bits per heavy atom. The van der Waals surface area contributed by atoms with E-state index in [1.54, 1.807) is 21.8 Å². The van der Waals surface area contributed by atoms with Gasteiger partial charge in [-0.1, -0.05) is 36.4 Å². The van der Waals surface area contributed by atoms with Gasteiger partial charge in [0.05, 0.1) is 50.3 Å². The van der Waals surface area contributed by atoms with Gasteiger partial charge in [-0.2, -0.15) is 0 Å². The number of rotatable bonds is 14. The first kappa shape index (κ1) is 41.6. The zero-order valence-corrected chi connectivity index (χ0v) is 34.9. The number of benzene rings is 2. The van der Waals surface area contributed by atoms with Crippen molar-refractivity contribution in [1.82, 2.24) is 59.0 Å². The van der Waals surface area contributed by atoms with Crippen molar-refractivity contribution in [3.63, 3.8) is 0 Å². The van der Waals surface area contributed by atoms with Gasteiger partial charge in [0.25, 0.3) is 0 Å². The largest absolute Gasteiger partial charge is 0.394 e. The molecule has 8 heterocycles. The minimum Gasteiger partial charge on any atom is -0.394 e. The van der Waals surface area contributed by atoms with Crippen molar-refractivity contribution in [2.45, 2.75) is 38.8 Å². The Balaban J connectivity index is 0.000000162. The summed E-state index contributed by atoms with van der Waals surface area (Å²) in [6.07, 6.45) is 14.2. The highest BCUT2D eigenvalue weighted by atomic mass is 19.1. The Morgan fingerprint density at radius 3 is 1.47 bits per heavy atom. The number of aliphatic hydroxyl groups excluding tert-OH is 2. The van der Waals surface area contributed by atoms with Crippen LogP contribution in [0.5, 0.6) is 0 Å². The van der Waals surface area contributed by atoms with Crippen molar-refractivity contribution >= 4 is 55.8 Å². The van der Waals surface area contributed by atoms with Crippen LogP contribution in [0.3, 0.4) is 0 Å². The molecule has 8 aromatic heterocycles. The first-order valence-corrected chi connectivity index (χ1v) is 20.8. The van der Waals surface area contributed by atoms with Gasteiger partial charge in [-0.05, 0) is 62.1 Å². The molecule has 0 aliphatic carbocycles. The number of nitrogens with zero attached hydrogens (tertiary/aromatic N) is 10. The van der Waals surface area contributed by atoms with Gasteiger partial charge in [0.1, 0.15) is 22.7 Å². The lowest BCUT2D eigenvalue weighted by atomic mass is 10.1. The molecule has 64 heavy (non-hydrogen) atoms. The molecule has 0 radical (unpaired) electrons. The zero-order chi connectivity index (χ0) is 44.2. The van der Waals surface area contributed by atoms with Crippen molar-refractivity contribution in [2.75, 3.05) is 36.9 Å². The van der Waals surface area contributed by atoms with Gasteiger partial charge >= 0.3 is 0 Å². The molecular formula is C46H44F2N14O2. The zero-order valence-electron chi connectivity index (χ0n) is 34.9. The lowest BCUT2D eigenvalue weighted by Crippen LogP contribution is -2.11. The van der Waals surface area contributed by atoms with Crippen LogP contribution in [-0.4, -0.2) is 95.5 Å². The average Bonchev–Trinajstić information content (AvgIpc) is 4.14. The molecule has 10 aromatic rings. The van der Waals surface area contributed by atoms with Crippen LogP contribution in [0.4, 0.5) is 20.4 Å². The Labute approximate surface area is 364 Å². The maximum Gasteiger partial charge on any atom is 0.166 e. The highest BCUT2D eigenvalue weighted by Crippen LogP contribution is 2.29. The van der Waals surface area contributed by atoms with Crippen LogP contribution in [0.1, 0.15) is 37.1 Å². The molecule has 0 saturated carbocycles. The summed E-state index contributed by atoms with van der Waals surface area (Å²) in [5.41, 5.74) is 7.86. The van der Waals surface area contributed by atoms with E-state index < -0.39 is 11.6 Å². The van der Waals surface area contributed by atoms with Crippen LogP contribution in [0, 0.1) is 11.6 Å². The molecule has 0 saturated heterocycles. The Kier molecular flexibility index (Phi) is 11.9. The highest BCUT2D eigenvalue weighted by molar-refractivity contribution is 5.87. The molecule has 0 aliphatic heterocycles. The Hall–Kier alpha value is -7.70. The number of fused-ring (bicyclic) bond motifs is 4. The number of hydrogen-bond acceptors (Lipinski definition) is 12. The first-order chi connectivity index (χ1) is 31.3. The predicted octanol–water partition coefficient (Wildman–Crippen LogP) is 7.43. The Bertz CT molecular complexity index is 3000. The number of halogens is 2. The van der Waals surface area contributed by atoms with E-state index in [-0.39, 0.29) is 25.3 Å². The monoisotopic (exact) mass is 862 g/mol. The molecule has 6 N–H and O–H groups in total. The number of aliphatic hydroxyl groups is 2. The van der Waals surface area contributed by atoms with E-state index >= 15 is 0 Å². The number of aromatic nitrogens is 12. The van der Waals surface area contributed by atoms with Crippen LogP contribution in [0.2, 0.25) is 0 Å². The average molecular weight is 863 g/mol. The van der Waals surface area contributed by atoms with E-state index in [0.717, 1.165) is 36.3 Å². The number of aromatic amines is 2. The smallest absolute Gasteiger partial charge is 0.166 e. The van der Waals surface area contributed by atoms with E-state index in [2.05, 4.69) is 84.7 Å². The van der Waals surface area contributed by atoms with Gasteiger partial charge < -0.3 is 39.9 Å². The second-order valence-electron chi connectivity index (χ2n) is 15.4. The van der Waals surface area contributed by atoms with Gasteiger partial charge in [0, 0.05) is 70.8 Å². The SMILES string of the molecule is C[C@@H](CO)n1cnc2c(NCCc3c[nH]c4ccccc34)nc(-c3cncc(F)c3)nc21.C[C@H](CO)n1cnc2c(NCCc3c[nH]c4ccccc34)nc(-c3cncc(F)c3)nc21. The van der Waals surface area contributed by atoms with E-state index in [1.165, 1.54) is 46.4 Å². The van der Waals surface area contributed by atoms with Gasteiger partial charge in [-0.15, -0.1) is 0 Å². The van der Waals surface area contributed by atoms with Gasteiger partial charge in [-0.25, -0.2) is 38.7 Å². The number of anilines is 2. The molecule has 16 nitrogen and oxygen atoms in total. The summed E-state index contributed by atoms with van der Waals surface area (Å²) in [6, 6.07) is 18.6.